The third-order valence-electron chi connectivity index (χ3n) is 5.24. The highest BCUT2D eigenvalue weighted by Gasteiger charge is 2.26. The van der Waals surface area contributed by atoms with E-state index in [1.165, 1.54) is 15.3 Å². The lowest BCUT2D eigenvalue weighted by atomic mass is 10.1. The summed E-state index contributed by atoms with van der Waals surface area (Å²) in [6.45, 7) is 1.61. The molecule has 3 aromatic rings. The van der Waals surface area contributed by atoms with Crippen molar-refractivity contribution in [3.05, 3.63) is 101 Å². The molecule has 0 heterocycles. The first kappa shape index (κ1) is 25.5. The van der Waals surface area contributed by atoms with Gasteiger partial charge in [-0.1, -0.05) is 59.6 Å². The van der Waals surface area contributed by atoms with Gasteiger partial charge in [-0.05, 0) is 54.5 Å². The molecule has 0 fully saturated rings. The lowest BCUT2D eigenvalue weighted by Gasteiger charge is -2.27. The number of aryl methyl sites for hydroxylation is 1. The van der Waals surface area contributed by atoms with Crippen LogP contribution in [0.15, 0.2) is 83.8 Å². The van der Waals surface area contributed by atoms with E-state index in [1.54, 1.807) is 73.8 Å². The molecule has 0 aromatic heterocycles. The second kappa shape index (κ2) is 11.3. The van der Waals surface area contributed by atoms with Gasteiger partial charge < -0.3 is 10.0 Å². The SMILES string of the molecule is Cc1ccc(S(=O)(=O)N(CCO)c2ccccc2CN(C)C(=O)/C=C/c2ccc(Cl)cc2)cc1. The highest BCUT2D eigenvalue weighted by Crippen LogP contribution is 2.28. The summed E-state index contributed by atoms with van der Waals surface area (Å²) in [4.78, 5) is 14.3. The number of hydrogen-bond donors (Lipinski definition) is 1. The maximum Gasteiger partial charge on any atom is 0.264 e. The van der Waals surface area contributed by atoms with E-state index < -0.39 is 10.0 Å². The van der Waals surface area contributed by atoms with E-state index in [0.717, 1.165) is 11.1 Å². The third kappa shape index (κ3) is 6.26. The number of benzene rings is 3. The van der Waals surface area contributed by atoms with Crippen LogP contribution in [0.2, 0.25) is 5.02 Å². The molecule has 0 unspecified atom stereocenters. The van der Waals surface area contributed by atoms with Gasteiger partial charge >= 0.3 is 0 Å². The van der Waals surface area contributed by atoms with Crippen LogP contribution in [0.4, 0.5) is 5.69 Å². The summed E-state index contributed by atoms with van der Waals surface area (Å²) in [5, 5.41) is 10.2. The maximum absolute atomic E-state index is 13.4. The van der Waals surface area contributed by atoms with Crippen LogP contribution in [-0.4, -0.2) is 44.5 Å². The average molecular weight is 499 g/mol. The number of rotatable bonds is 9. The molecule has 0 atom stereocenters. The van der Waals surface area contributed by atoms with E-state index in [0.29, 0.717) is 16.3 Å². The number of sulfonamides is 1. The van der Waals surface area contributed by atoms with Crippen LogP contribution < -0.4 is 4.31 Å². The summed E-state index contributed by atoms with van der Waals surface area (Å²) < 4.78 is 28.0. The summed E-state index contributed by atoms with van der Waals surface area (Å²) in [7, 11) is -2.27. The van der Waals surface area contributed by atoms with E-state index in [-0.39, 0.29) is 30.5 Å². The predicted molar refractivity (Wildman–Crippen MR) is 136 cm³/mol. The Morgan fingerprint density at radius 1 is 1.00 bits per heavy atom. The number of amides is 1. The minimum absolute atomic E-state index is 0.110. The number of halogens is 1. The molecule has 0 aliphatic heterocycles. The molecule has 34 heavy (non-hydrogen) atoms. The van der Waals surface area contributed by atoms with Gasteiger partial charge in [0.05, 0.1) is 23.7 Å². The molecule has 0 saturated carbocycles. The van der Waals surface area contributed by atoms with E-state index in [9.17, 15) is 18.3 Å². The molecule has 6 nitrogen and oxygen atoms in total. The molecule has 0 aliphatic rings. The second-order valence-electron chi connectivity index (χ2n) is 7.82. The molecule has 0 saturated heterocycles. The molecule has 1 amide bonds. The number of likely N-dealkylation sites (N-methyl/N-ethyl adjacent to an activating group) is 1. The van der Waals surface area contributed by atoms with Crippen molar-refractivity contribution in [2.45, 2.75) is 18.4 Å². The molecular formula is C26H27ClN2O4S. The fourth-order valence-electron chi connectivity index (χ4n) is 3.39. The van der Waals surface area contributed by atoms with Gasteiger partial charge in [-0.25, -0.2) is 8.42 Å². The van der Waals surface area contributed by atoms with E-state index >= 15 is 0 Å². The molecule has 1 N–H and O–H groups in total. The van der Waals surface area contributed by atoms with Crippen molar-refractivity contribution in [3.8, 4) is 0 Å². The van der Waals surface area contributed by atoms with Gasteiger partial charge in [0.15, 0.2) is 0 Å². The van der Waals surface area contributed by atoms with Crippen LogP contribution in [0.1, 0.15) is 16.7 Å². The van der Waals surface area contributed by atoms with Crippen molar-refractivity contribution >= 4 is 39.3 Å². The average Bonchev–Trinajstić information content (AvgIpc) is 2.82. The first-order chi connectivity index (χ1) is 16.2. The Labute approximate surface area is 205 Å². The molecule has 178 valence electrons. The van der Waals surface area contributed by atoms with Crippen LogP contribution in [0.3, 0.4) is 0 Å². The molecule has 0 spiro atoms. The zero-order valence-electron chi connectivity index (χ0n) is 19.1. The van der Waals surface area contributed by atoms with E-state index in [4.69, 9.17) is 11.6 Å². The van der Waals surface area contributed by atoms with Crippen molar-refractivity contribution < 1.29 is 18.3 Å². The maximum atomic E-state index is 13.4. The summed E-state index contributed by atoms with van der Waals surface area (Å²) in [5.41, 5.74) is 2.84. The van der Waals surface area contributed by atoms with Crippen LogP contribution in [0, 0.1) is 6.92 Å². The van der Waals surface area contributed by atoms with Crippen molar-refractivity contribution in [1.29, 1.82) is 0 Å². The highest BCUT2D eigenvalue weighted by atomic mass is 35.5. The quantitative estimate of drug-likeness (QED) is 0.440. The smallest absolute Gasteiger partial charge is 0.264 e. The zero-order chi connectivity index (χ0) is 24.7. The number of nitrogens with zero attached hydrogens (tertiary/aromatic N) is 2. The Balaban J connectivity index is 1.86. The topological polar surface area (TPSA) is 77.9 Å². The zero-order valence-corrected chi connectivity index (χ0v) is 20.6. The summed E-state index contributed by atoms with van der Waals surface area (Å²) in [5.74, 6) is -0.236. The number of aliphatic hydroxyl groups excluding tert-OH is 1. The normalized spacial score (nSPS) is 11.5. The number of anilines is 1. The van der Waals surface area contributed by atoms with Crippen LogP contribution in [0.25, 0.3) is 6.08 Å². The fourth-order valence-corrected chi connectivity index (χ4v) is 5.01. The van der Waals surface area contributed by atoms with Gasteiger partial charge in [0, 0.05) is 24.7 Å². The molecular weight excluding hydrogens is 472 g/mol. The number of para-hydroxylation sites is 1. The second-order valence-corrected chi connectivity index (χ2v) is 10.1. The Morgan fingerprint density at radius 3 is 2.29 bits per heavy atom. The Kier molecular flexibility index (Phi) is 8.50. The van der Waals surface area contributed by atoms with Gasteiger partial charge in [0.2, 0.25) is 5.91 Å². The van der Waals surface area contributed by atoms with E-state index in [2.05, 4.69) is 0 Å². The molecule has 8 heteroatoms. The van der Waals surface area contributed by atoms with Crippen molar-refractivity contribution in [2.24, 2.45) is 0 Å². The number of carbonyl (C=O) groups is 1. The van der Waals surface area contributed by atoms with Crippen molar-refractivity contribution in [3.63, 3.8) is 0 Å². The van der Waals surface area contributed by atoms with Gasteiger partial charge in [-0.15, -0.1) is 0 Å². The van der Waals surface area contributed by atoms with Crippen LogP contribution in [0.5, 0.6) is 0 Å². The monoisotopic (exact) mass is 498 g/mol. The molecule has 3 aromatic carbocycles. The Morgan fingerprint density at radius 2 is 1.65 bits per heavy atom. The highest BCUT2D eigenvalue weighted by molar-refractivity contribution is 7.92. The molecule has 3 rings (SSSR count). The van der Waals surface area contributed by atoms with Gasteiger partial charge in [-0.3, -0.25) is 9.10 Å². The summed E-state index contributed by atoms with van der Waals surface area (Å²) >= 11 is 5.89. The largest absolute Gasteiger partial charge is 0.394 e. The third-order valence-corrected chi connectivity index (χ3v) is 7.32. The first-order valence-electron chi connectivity index (χ1n) is 10.7. The first-order valence-corrected chi connectivity index (χ1v) is 12.5. The standard InChI is InChI=1S/C26H27ClN2O4S/c1-20-7-14-24(15-8-20)34(32,33)29(17-18-30)25-6-4-3-5-22(25)19-28(2)26(31)16-11-21-9-12-23(27)13-10-21/h3-16,30H,17-19H2,1-2H3/b16-11+. The molecule has 0 radical (unpaired) electrons. The van der Waals surface area contributed by atoms with Gasteiger partial charge in [0.1, 0.15) is 0 Å². The lowest BCUT2D eigenvalue weighted by Crippen LogP contribution is -2.35. The fraction of sp³-hybridized carbons (Fsp3) is 0.192. The number of hydrogen-bond acceptors (Lipinski definition) is 4. The summed E-state index contributed by atoms with van der Waals surface area (Å²) in [6.07, 6.45) is 3.15. The van der Waals surface area contributed by atoms with Crippen LogP contribution >= 0.6 is 11.6 Å². The van der Waals surface area contributed by atoms with Crippen molar-refractivity contribution in [2.75, 3.05) is 24.5 Å². The number of aliphatic hydroxyl groups is 1. The number of carbonyl (C=O) groups excluding carboxylic acids is 1. The summed E-state index contributed by atoms with van der Waals surface area (Å²) in [6, 6.07) is 20.6. The Bertz CT molecular complexity index is 1260. The van der Waals surface area contributed by atoms with Crippen molar-refractivity contribution in [1.82, 2.24) is 4.90 Å². The van der Waals surface area contributed by atoms with E-state index in [1.807, 2.05) is 19.1 Å². The predicted octanol–water partition coefficient (Wildman–Crippen LogP) is 4.51. The van der Waals surface area contributed by atoms with Gasteiger partial charge in [-0.2, -0.15) is 0 Å². The molecule has 0 bridgehead atoms. The minimum Gasteiger partial charge on any atom is -0.394 e. The minimum atomic E-state index is -3.92. The van der Waals surface area contributed by atoms with Gasteiger partial charge in [0.25, 0.3) is 10.0 Å². The molecule has 0 aliphatic carbocycles. The Hall–Kier alpha value is -3.13. The lowest BCUT2D eigenvalue weighted by molar-refractivity contribution is -0.125. The van der Waals surface area contributed by atoms with Crippen LogP contribution in [-0.2, 0) is 21.4 Å².